The fraction of sp³-hybridized carbons (Fsp3) is 0.120. The quantitative estimate of drug-likeness (QED) is 0.163. The van der Waals surface area contributed by atoms with Gasteiger partial charge >= 0.3 is 0 Å². The fourth-order valence-corrected chi connectivity index (χ4v) is 9.07. The lowest BCUT2D eigenvalue weighted by molar-refractivity contribution is 0.591. The van der Waals surface area contributed by atoms with Gasteiger partial charge in [-0.3, -0.25) is 0 Å². The number of aryl methyl sites for hydroxylation is 2. The molecule has 51 heavy (non-hydrogen) atoms. The van der Waals surface area contributed by atoms with Crippen LogP contribution in [0, 0.1) is 13.8 Å². The van der Waals surface area contributed by atoms with E-state index in [2.05, 4.69) is 186 Å². The zero-order chi connectivity index (χ0) is 34.9. The van der Waals surface area contributed by atoms with Gasteiger partial charge in [0.2, 0.25) is 0 Å². The lowest BCUT2D eigenvalue weighted by Crippen LogP contribution is -2.10. The number of benzene rings is 8. The molecule has 0 fully saturated rings. The van der Waals surface area contributed by atoms with Crippen molar-refractivity contribution < 1.29 is 0 Å². The maximum atomic E-state index is 2.46. The molecule has 9 rings (SSSR count). The normalized spacial score (nSPS) is 12.0. The van der Waals surface area contributed by atoms with Crippen LogP contribution in [0.3, 0.4) is 0 Å². The molecule has 1 heteroatoms. The van der Waals surface area contributed by atoms with Gasteiger partial charge in [0.15, 0.2) is 0 Å². The predicted molar refractivity (Wildman–Crippen MR) is 224 cm³/mol. The molecule has 1 heterocycles. The topological polar surface area (TPSA) is 0 Å². The monoisotopic (exact) mass is 672 g/mol. The van der Waals surface area contributed by atoms with Crippen molar-refractivity contribution in [3.8, 4) is 44.5 Å². The maximum absolute atomic E-state index is 2.46. The minimum atomic E-state index is 0.0332. The van der Waals surface area contributed by atoms with Crippen molar-refractivity contribution in [2.75, 3.05) is 0 Å². The second-order valence-electron chi connectivity index (χ2n) is 15.0. The molecule has 0 N–H and O–H groups in total. The van der Waals surface area contributed by atoms with E-state index in [1.165, 1.54) is 103 Å². The van der Waals surface area contributed by atoms with Crippen LogP contribution in [0.15, 0.2) is 152 Å². The zero-order valence-corrected chi connectivity index (χ0v) is 30.7. The van der Waals surface area contributed by atoms with Crippen LogP contribution in [0.4, 0.5) is 0 Å². The molecule has 0 radical (unpaired) electrons. The highest BCUT2D eigenvalue weighted by Crippen LogP contribution is 2.48. The maximum Gasteiger partial charge on any atom is 0.0362 e. The predicted octanol–water partition coefficient (Wildman–Crippen LogP) is 14.9. The molecule has 9 aromatic rings. The number of thiophene rings is 1. The van der Waals surface area contributed by atoms with Crippen LogP contribution in [0.5, 0.6) is 0 Å². The second kappa shape index (κ2) is 12.1. The van der Waals surface area contributed by atoms with E-state index in [9.17, 15) is 0 Å². The summed E-state index contributed by atoms with van der Waals surface area (Å²) in [5, 5.41) is 7.88. The van der Waals surface area contributed by atoms with Gasteiger partial charge in [0.25, 0.3) is 0 Å². The first-order valence-corrected chi connectivity index (χ1v) is 18.7. The molecule has 0 amide bonds. The molecule has 0 spiro atoms. The first-order chi connectivity index (χ1) is 24.8. The lowest BCUT2D eigenvalue weighted by atomic mass is 9.80. The van der Waals surface area contributed by atoms with Gasteiger partial charge in [0.1, 0.15) is 0 Å². The smallest absolute Gasteiger partial charge is 0.0362 e. The van der Waals surface area contributed by atoms with E-state index in [0.29, 0.717) is 0 Å². The van der Waals surface area contributed by atoms with Gasteiger partial charge in [-0.15, -0.1) is 11.3 Å². The van der Waals surface area contributed by atoms with Crippen LogP contribution in [-0.2, 0) is 5.41 Å². The molecule has 0 bridgehead atoms. The van der Waals surface area contributed by atoms with Gasteiger partial charge in [0.05, 0.1) is 0 Å². The minimum Gasteiger partial charge on any atom is -0.135 e. The van der Waals surface area contributed by atoms with Crippen LogP contribution in [-0.4, -0.2) is 0 Å². The van der Waals surface area contributed by atoms with Gasteiger partial charge in [-0.05, 0) is 120 Å². The van der Waals surface area contributed by atoms with Crippen molar-refractivity contribution in [2.45, 2.75) is 40.0 Å². The highest BCUT2D eigenvalue weighted by molar-refractivity contribution is 7.26. The summed E-state index contributed by atoms with van der Waals surface area (Å²) in [5.74, 6) is 0. The molecular formula is C50H40S. The zero-order valence-electron chi connectivity index (χ0n) is 29.8. The Balaban J connectivity index is 1.33. The highest BCUT2D eigenvalue weighted by atomic mass is 32.1. The summed E-state index contributed by atoms with van der Waals surface area (Å²) in [4.78, 5) is 0. The molecule has 0 atom stereocenters. The molecule has 0 aliphatic heterocycles. The van der Waals surface area contributed by atoms with Gasteiger partial charge in [-0.1, -0.05) is 154 Å². The van der Waals surface area contributed by atoms with Crippen molar-refractivity contribution >= 4 is 53.1 Å². The first-order valence-electron chi connectivity index (χ1n) is 17.9. The van der Waals surface area contributed by atoms with Crippen LogP contribution in [0.1, 0.15) is 37.5 Å². The summed E-state index contributed by atoms with van der Waals surface area (Å²) in [5.41, 5.74) is 14.2. The molecule has 0 nitrogen and oxygen atoms in total. The Morgan fingerprint density at radius 1 is 0.392 bits per heavy atom. The van der Waals surface area contributed by atoms with Crippen LogP contribution in [0.2, 0.25) is 0 Å². The molecule has 0 aliphatic rings. The standard InChI is InChI=1S/C50H40S/c1-31-28-41-42(29-32(31)2)47(34-16-10-7-11-17-34)43-30-37(50(3,4)5)24-25-39(43)46(41)35-20-22-36(23-21-35)48-38(33-14-8-6-9-15-33)26-27-45-49(48)40-18-12-13-19-44(40)51-45/h6-30H,1-5H3. The summed E-state index contributed by atoms with van der Waals surface area (Å²) in [6, 6.07) is 56.7. The van der Waals surface area contributed by atoms with E-state index in [1.54, 1.807) is 0 Å². The van der Waals surface area contributed by atoms with Crippen molar-refractivity contribution in [1.82, 2.24) is 0 Å². The summed E-state index contributed by atoms with van der Waals surface area (Å²) in [6.07, 6.45) is 0. The molecule has 0 unspecified atom stereocenters. The summed E-state index contributed by atoms with van der Waals surface area (Å²) >= 11 is 1.88. The van der Waals surface area contributed by atoms with E-state index in [1.807, 2.05) is 11.3 Å². The highest BCUT2D eigenvalue weighted by Gasteiger charge is 2.22. The Labute approximate surface area is 304 Å². The Hall–Kier alpha value is -5.50. The van der Waals surface area contributed by atoms with Gasteiger partial charge in [-0.2, -0.15) is 0 Å². The Morgan fingerprint density at radius 3 is 1.57 bits per heavy atom. The Morgan fingerprint density at radius 2 is 0.922 bits per heavy atom. The van der Waals surface area contributed by atoms with Gasteiger partial charge < -0.3 is 0 Å². The van der Waals surface area contributed by atoms with Crippen molar-refractivity contribution in [3.63, 3.8) is 0 Å². The molecular weight excluding hydrogens is 633 g/mol. The van der Waals surface area contributed by atoms with E-state index in [0.717, 1.165) is 0 Å². The Bertz CT molecular complexity index is 2760. The number of rotatable bonds is 4. The van der Waals surface area contributed by atoms with Crippen LogP contribution in [0.25, 0.3) is 86.2 Å². The molecule has 1 aromatic heterocycles. The molecule has 0 saturated carbocycles. The average Bonchev–Trinajstić information content (AvgIpc) is 3.53. The third-order valence-corrected chi connectivity index (χ3v) is 11.9. The van der Waals surface area contributed by atoms with Crippen molar-refractivity contribution in [1.29, 1.82) is 0 Å². The fourth-order valence-electron chi connectivity index (χ4n) is 7.96. The second-order valence-corrected chi connectivity index (χ2v) is 16.1. The van der Waals surface area contributed by atoms with Crippen LogP contribution >= 0.6 is 11.3 Å². The molecule has 0 saturated heterocycles. The average molecular weight is 673 g/mol. The van der Waals surface area contributed by atoms with Crippen molar-refractivity contribution in [3.05, 3.63) is 168 Å². The Kier molecular flexibility index (Phi) is 7.45. The molecule has 246 valence electrons. The van der Waals surface area contributed by atoms with E-state index in [-0.39, 0.29) is 5.41 Å². The van der Waals surface area contributed by atoms with Crippen LogP contribution < -0.4 is 0 Å². The van der Waals surface area contributed by atoms with E-state index in [4.69, 9.17) is 0 Å². The van der Waals surface area contributed by atoms with E-state index < -0.39 is 0 Å². The summed E-state index contributed by atoms with van der Waals surface area (Å²) in [7, 11) is 0. The SMILES string of the molecule is Cc1cc2c(-c3ccc(-c4c(-c5ccccc5)ccc5sc6ccccc6c45)cc3)c3ccc(C(C)(C)C)cc3c(-c3ccccc3)c2cc1C. The molecule has 8 aromatic carbocycles. The number of hydrogen-bond acceptors (Lipinski definition) is 1. The largest absolute Gasteiger partial charge is 0.135 e. The lowest BCUT2D eigenvalue weighted by Gasteiger charge is -2.23. The van der Waals surface area contributed by atoms with Gasteiger partial charge in [0, 0.05) is 20.2 Å². The first kappa shape index (κ1) is 31.5. The summed E-state index contributed by atoms with van der Waals surface area (Å²) in [6.45, 7) is 11.4. The van der Waals surface area contributed by atoms with Gasteiger partial charge in [-0.25, -0.2) is 0 Å². The van der Waals surface area contributed by atoms with E-state index >= 15 is 0 Å². The number of hydrogen-bond donors (Lipinski definition) is 0. The minimum absolute atomic E-state index is 0.0332. The number of fused-ring (bicyclic) bond motifs is 5. The third kappa shape index (κ3) is 5.27. The summed E-state index contributed by atoms with van der Waals surface area (Å²) < 4.78 is 2.65. The molecule has 0 aliphatic carbocycles. The third-order valence-electron chi connectivity index (χ3n) is 10.7. The van der Waals surface area contributed by atoms with Crippen molar-refractivity contribution in [2.24, 2.45) is 0 Å².